The minimum Gasteiger partial charge on any atom is -0.352 e. The lowest BCUT2D eigenvalue weighted by Gasteiger charge is -2.43. The van der Waals surface area contributed by atoms with Crippen molar-refractivity contribution in [2.45, 2.75) is 24.8 Å². The average Bonchev–Trinajstić information content (AvgIpc) is 3.13. The van der Waals surface area contributed by atoms with E-state index in [1.807, 2.05) is 6.07 Å². The summed E-state index contributed by atoms with van der Waals surface area (Å²) >= 11 is 1.29. The highest BCUT2D eigenvalue weighted by atomic mass is 32.1. The molecule has 2 aromatic carbocycles. The van der Waals surface area contributed by atoms with Crippen molar-refractivity contribution in [3.05, 3.63) is 82.1 Å². The Kier molecular flexibility index (Phi) is 4.46. The standard InChI is InChI=1S/C21H16FN3OS/c22-17-7-5-16(6-8-17)21(9-2-10-21)25-20-24-13-18(27-20)19(26)15-4-1-3-14(11-15)12-23/h1,3-8,11,13H,2,9-10H2,(H,24,25). The summed E-state index contributed by atoms with van der Waals surface area (Å²) in [5.41, 5.74) is 1.70. The molecule has 1 saturated carbocycles. The molecule has 1 aliphatic carbocycles. The molecule has 4 rings (SSSR count). The van der Waals surface area contributed by atoms with E-state index in [1.165, 1.54) is 23.5 Å². The van der Waals surface area contributed by atoms with Crippen molar-refractivity contribution in [3.8, 4) is 6.07 Å². The van der Waals surface area contributed by atoms with Crippen LogP contribution in [0.4, 0.5) is 9.52 Å². The number of nitriles is 1. The summed E-state index contributed by atoms with van der Waals surface area (Å²) in [6.45, 7) is 0. The van der Waals surface area contributed by atoms with Crippen molar-refractivity contribution >= 4 is 22.3 Å². The van der Waals surface area contributed by atoms with Gasteiger partial charge >= 0.3 is 0 Å². The Bertz CT molecular complexity index is 1030. The van der Waals surface area contributed by atoms with Gasteiger partial charge in [-0.15, -0.1) is 0 Å². The molecule has 1 aromatic heterocycles. The van der Waals surface area contributed by atoms with Crippen LogP contribution in [-0.2, 0) is 5.54 Å². The second kappa shape index (κ2) is 6.93. The number of thiazole rings is 1. The molecule has 0 bridgehead atoms. The lowest BCUT2D eigenvalue weighted by Crippen LogP contribution is -2.42. The molecule has 0 saturated heterocycles. The van der Waals surface area contributed by atoms with E-state index in [2.05, 4.69) is 10.3 Å². The molecule has 27 heavy (non-hydrogen) atoms. The SMILES string of the molecule is N#Cc1cccc(C(=O)c2cnc(NC3(c4ccc(F)cc4)CCC3)s2)c1. The number of hydrogen-bond donors (Lipinski definition) is 1. The molecule has 134 valence electrons. The first-order chi connectivity index (χ1) is 13.1. The molecule has 1 heterocycles. The summed E-state index contributed by atoms with van der Waals surface area (Å²) in [6, 6.07) is 15.2. The predicted octanol–water partition coefficient (Wildman–Crippen LogP) is 4.88. The van der Waals surface area contributed by atoms with Crippen LogP contribution >= 0.6 is 11.3 Å². The molecule has 3 aromatic rings. The minimum atomic E-state index is -0.257. The fraction of sp³-hybridized carbons (Fsp3) is 0.190. The minimum absolute atomic E-state index is 0.151. The van der Waals surface area contributed by atoms with Crippen molar-refractivity contribution in [1.29, 1.82) is 5.26 Å². The Balaban J connectivity index is 1.56. The largest absolute Gasteiger partial charge is 0.352 e. The molecular weight excluding hydrogens is 361 g/mol. The maximum Gasteiger partial charge on any atom is 0.204 e. The number of nitrogens with zero attached hydrogens (tertiary/aromatic N) is 2. The molecule has 0 radical (unpaired) electrons. The van der Waals surface area contributed by atoms with Crippen LogP contribution in [0.1, 0.15) is 45.6 Å². The van der Waals surface area contributed by atoms with Crippen molar-refractivity contribution < 1.29 is 9.18 Å². The van der Waals surface area contributed by atoms with Crippen molar-refractivity contribution in [2.75, 3.05) is 5.32 Å². The number of carbonyl (C=O) groups is 1. The van der Waals surface area contributed by atoms with E-state index < -0.39 is 0 Å². The first kappa shape index (κ1) is 17.4. The molecule has 0 atom stereocenters. The fourth-order valence-electron chi connectivity index (χ4n) is 3.30. The molecule has 1 N–H and O–H groups in total. The number of ketones is 1. The predicted molar refractivity (Wildman–Crippen MR) is 102 cm³/mol. The lowest BCUT2D eigenvalue weighted by molar-refractivity contribution is 0.104. The normalized spacial score (nSPS) is 14.8. The van der Waals surface area contributed by atoms with Crippen LogP contribution in [-0.4, -0.2) is 10.8 Å². The number of halogens is 1. The second-order valence-electron chi connectivity index (χ2n) is 6.62. The fourth-order valence-corrected chi connectivity index (χ4v) is 4.17. The number of nitrogens with one attached hydrogen (secondary N) is 1. The van der Waals surface area contributed by atoms with Gasteiger partial charge in [0.05, 0.1) is 28.2 Å². The Morgan fingerprint density at radius 3 is 2.67 bits per heavy atom. The number of anilines is 1. The van der Waals surface area contributed by atoms with Gasteiger partial charge in [0.25, 0.3) is 0 Å². The Morgan fingerprint density at radius 2 is 2.00 bits per heavy atom. The molecular formula is C21H16FN3OS. The van der Waals surface area contributed by atoms with Crippen LogP contribution in [0.5, 0.6) is 0 Å². The van der Waals surface area contributed by atoms with Gasteiger partial charge in [-0.2, -0.15) is 5.26 Å². The van der Waals surface area contributed by atoms with E-state index in [-0.39, 0.29) is 17.1 Å². The molecule has 4 nitrogen and oxygen atoms in total. The van der Waals surface area contributed by atoms with Crippen molar-refractivity contribution in [2.24, 2.45) is 0 Å². The highest BCUT2D eigenvalue weighted by Gasteiger charge is 2.39. The zero-order valence-corrected chi connectivity index (χ0v) is 15.2. The van der Waals surface area contributed by atoms with Gasteiger partial charge < -0.3 is 5.32 Å². The van der Waals surface area contributed by atoms with Crippen LogP contribution < -0.4 is 5.32 Å². The first-order valence-electron chi connectivity index (χ1n) is 8.65. The van der Waals surface area contributed by atoms with E-state index in [4.69, 9.17) is 5.26 Å². The van der Waals surface area contributed by atoms with E-state index in [0.29, 0.717) is 21.1 Å². The number of hydrogen-bond acceptors (Lipinski definition) is 5. The van der Waals surface area contributed by atoms with Crippen molar-refractivity contribution in [1.82, 2.24) is 4.98 Å². The summed E-state index contributed by atoms with van der Waals surface area (Å²) in [5.74, 6) is -0.406. The van der Waals surface area contributed by atoms with Gasteiger partial charge in [-0.1, -0.05) is 35.6 Å². The third kappa shape index (κ3) is 3.34. The smallest absolute Gasteiger partial charge is 0.204 e. The lowest BCUT2D eigenvalue weighted by atomic mass is 9.72. The molecule has 0 aliphatic heterocycles. The molecule has 0 spiro atoms. The molecule has 1 aliphatic rings. The van der Waals surface area contributed by atoms with Crippen LogP contribution in [0.3, 0.4) is 0 Å². The number of carbonyl (C=O) groups excluding carboxylic acids is 1. The maximum absolute atomic E-state index is 13.2. The Morgan fingerprint density at radius 1 is 1.22 bits per heavy atom. The van der Waals surface area contributed by atoms with E-state index in [0.717, 1.165) is 24.8 Å². The maximum atomic E-state index is 13.2. The third-order valence-corrected chi connectivity index (χ3v) is 5.85. The van der Waals surface area contributed by atoms with Crippen LogP contribution in [0.25, 0.3) is 0 Å². The second-order valence-corrected chi connectivity index (χ2v) is 7.65. The van der Waals surface area contributed by atoms with Gasteiger partial charge in [-0.3, -0.25) is 4.79 Å². The third-order valence-electron chi connectivity index (χ3n) is 4.93. The number of rotatable bonds is 5. The van der Waals surface area contributed by atoms with Gasteiger partial charge in [0, 0.05) is 5.56 Å². The zero-order valence-electron chi connectivity index (χ0n) is 14.4. The summed E-state index contributed by atoms with van der Waals surface area (Å²) < 4.78 is 13.2. The highest BCUT2D eigenvalue weighted by molar-refractivity contribution is 7.17. The molecule has 0 amide bonds. The summed E-state index contributed by atoms with van der Waals surface area (Å²) in [6.07, 6.45) is 4.52. The van der Waals surface area contributed by atoms with Gasteiger partial charge in [0.15, 0.2) is 5.13 Å². The quantitative estimate of drug-likeness (QED) is 0.644. The van der Waals surface area contributed by atoms with Crippen molar-refractivity contribution in [3.63, 3.8) is 0 Å². The van der Waals surface area contributed by atoms with Crippen LogP contribution in [0.15, 0.2) is 54.7 Å². The number of benzene rings is 2. The van der Waals surface area contributed by atoms with E-state index in [1.54, 1.807) is 42.6 Å². The van der Waals surface area contributed by atoms with Gasteiger partial charge in [-0.25, -0.2) is 9.37 Å². The van der Waals surface area contributed by atoms with Crippen LogP contribution in [0, 0.1) is 17.1 Å². The molecule has 0 unspecified atom stereocenters. The summed E-state index contributed by atoms with van der Waals surface area (Å²) in [5, 5.41) is 13.1. The summed E-state index contributed by atoms with van der Waals surface area (Å²) in [4.78, 5) is 17.6. The molecule has 6 heteroatoms. The first-order valence-corrected chi connectivity index (χ1v) is 9.46. The Hall–Kier alpha value is -3.04. The summed E-state index contributed by atoms with van der Waals surface area (Å²) in [7, 11) is 0. The molecule has 1 fully saturated rings. The average molecular weight is 377 g/mol. The van der Waals surface area contributed by atoms with Gasteiger partial charge in [-0.05, 0) is 49.1 Å². The monoisotopic (exact) mass is 377 g/mol. The van der Waals surface area contributed by atoms with E-state index >= 15 is 0 Å². The van der Waals surface area contributed by atoms with Crippen LogP contribution in [0.2, 0.25) is 0 Å². The Labute approximate surface area is 160 Å². The van der Waals surface area contributed by atoms with Gasteiger partial charge in [0.1, 0.15) is 5.82 Å². The number of aromatic nitrogens is 1. The van der Waals surface area contributed by atoms with Gasteiger partial charge in [0.2, 0.25) is 5.78 Å². The topological polar surface area (TPSA) is 65.8 Å². The highest BCUT2D eigenvalue weighted by Crippen LogP contribution is 2.44. The van der Waals surface area contributed by atoms with E-state index in [9.17, 15) is 9.18 Å². The zero-order chi connectivity index (χ0) is 18.9.